The maximum absolute atomic E-state index is 11.2. The lowest BCUT2D eigenvalue weighted by atomic mass is 10.0. The van der Waals surface area contributed by atoms with E-state index in [-0.39, 0.29) is 35.4 Å². The predicted octanol–water partition coefficient (Wildman–Crippen LogP) is 2.02. The van der Waals surface area contributed by atoms with Gasteiger partial charge in [-0.1, -0.05) is 0 Å². The highest BCUT2D eigenvalue weighted by Gasteiger charge is 2.28. The topological polar surface area (TPSA) is 112 Å². The average molecular weight is 296 g/mol. The SMILES string of the molecule is CC1CC(Oc2ncc([N+](=O)[O-])cc2C(=O)O)CC(C)O1. The fourth-order valence-corrected chi connectivity index (χ4v) is 2.39. The third-order valence-electron chi connectivity index (χ3n) is 3.21. The Balaban J connectivity index is 2.23. The highest BCUT2D eigenvalue weighted by Crippen LogP contribution is 2.27. The molecule has 1 aliphatic heterocycles. The van der Waals surface area contributed by atoms with Gasteiger partial charge in [-0.15, -0.1) is 0 Å². The van der Waals surface area contributed by atoms with Gasteiger partial charge in [0.25, 0.3) is 5.69 Å². The van der Waals surface area contributed by atoms with E-state index in [2.05, 4.69) is 4.98 Å². The first-order valence-electron chi connectivity index (χ1n) is 6.56. The monoisotopic (exact) mass is 296 g/mol. The van der Waals surface area contributed by atoms with E-state index in [1.807, 2.05) is 13.8 Å². The van der Waals surface area contributed by atoms with Gasteiger partial charge in [-0.3, -0.25) is 10.1 Å². The number of carboxylic acids is 1. The summed E-state index contributed by atoms with van der Waals surface area (Å²) >= 11 is 0. The van der Waals surface area contributed by atoms with Crippen LogP contribution in [0.5, 0.6) is 5.88 Å². The first-order chi connectivity index (χ1) is 9.86. The van der Waals surface area contributed by atoms with Crippen LogP contribution in [-0.4, -0.2) is 39.3 Å². The highest BCUT2D eigenvalue weighted by atomic mass is 16.6. The molecule has 8 nitrogen and oxygen atoms in total. The lowest BCUT2D eigenvalue weighted by molar-refractivity contribution is -0.385. The quantitative estimate of drug-likeness (QED) is 0.668. The van der Waals surface area contributed by atoms with E-state index in [0.717, 1.165) is 12.3 Å². The van der Waals surface area contributed by atoms with Gasteiger partial charge in [-0.25, -0.2) is 9.78 Å². The summed E-state index contributed by atoms with van der Waals surface area (Å²) in [5, 5.41) is 19.8. The summed E-state index contributed by atoms with van der Waals surface area (Å²) in [6.07, 6.45) is 2.00. The largest absolute Gasteiger partial charge is 0.477 e. The second-order valence-electron chi connectivity index (χ2n) is 5.08. The Labute approximate surface area is 120 Å². The van der Waals surface area contributed by atoms with Gasteiger partial charge in [-0.2, -0.15) is 0 Å². The number of hydrogen-bond donors (Lipinski definition) is 1. The number of aromatic carboxylic acids is 1. The smallest absolute Gasteiger partial charge is 0.341 e. The second-order valence-corrected chi connectivity index (χ2v) is 5.08. The van der Waals surface area contributed by atoms with Crippen molar-refractivity contribution in [1.29, 1.82) is 0 Å². The van der Waals surface area contributed by atoms with Crippen molar-refractivity contribution < 1.29 is 24.3 Å². The van der Waals surface area contributed by atoms with Gasteiger partial charge in [-0.05, 0) is 13.8 Å². The number of ether oxygens (including phenoxy) is 2. The Morgan fingerprint density at radius 3 is 2.62 bits per heavy atom. The average Bonchev–Trinajstić information content (AvgIpc) is 2.37. The van der Waals surface area contributed by atoms with E-state index in [0.29, 0.717) is 12.8 Å². The van der Waals surface area contributed by atoms with E-state index in [1.165, 1.54) is 0 Å². The molecule has 1 saturated heterocycles. The van der Waals surface area contributed by atoms with Gasteiger partial charge >= 0.3 is 5.97 Å². The number of pyridine rings is 1. The van der Waals surface area contributed by atoms with Crippen molar-refractivity contribution in [2.45, 2.75) is 45.0 Å². The number of aromatic nitrogens is 1. The second kappa shape index (κ2) is 6.04. The zero-order valence-corrected chi connectivity index (χ0v) is 11.7. The molecule has 0 aliphatic carbocycles. The maximum atomic E-state index is 11.2. The van der Waals surface area contributed by atoms with E-state index < -0.39 is 10.9 Å². The van der Waals surface area contributed by atoms with Crippen LogP contribution < -0.4 is 4.74 Å². The standard InChI is InChI=1S/C13H16N2O6/c1-7-3-10(4-8(2)20-7)21-12-11(13(16)17)5-9(6-14-12)15(18)19/h5-8,10H,3-4H2,1-2H3,(H,16,17). The van der Waals surface area contributed by atoms with E-state index in [1.54, 1.807) is 0 Å². The molecule has 1 aromatic heterocycles. The van der Waals surface area contributed by atoms with Gasteiger partial charge in [0.2, 0.25) is 5.88 Å². The minimum atomic E-state index is -1.31. The van der Waals surface area contributed by atoms with Crippen LogP contribution in [0.15, 0.2) is 12.3 Å². The highest BCUT2D eigenvalue weighted by molar-refractivity contribution is 5.90. The summed E-state index contributed by atoms with van der Waals surface area (Å²) in [5.74, 6) is -1.41. The molecule has 0 bridgehead atoms. The van der Waals surface area contributed by atoms with Gasteiger partial charge in [0.05, 0.1) is 17.1 Å². The number of nitro groups is 1. The van der Waals surface area contributed by atoms with Crippen LogP contribution in [0.2, 0.25) is 0 Å². The summed E-state index contributed by atoms with van der Waals surface area (Å²) < 4.78 is 11.2. The Morgan fingerprint density at radius 2 is 2.10 bits per heavy atom. The lowest BCUT2D eigenvalue weighted by Gasteiger charge is -2.32. The molecular weight excluding hydrogens is 280 g/mol. The lowest BCUT2D eigenvalue weighted by Crippen LogP contribution is -2.36. The maximum Gasteiger partial charge on any atom is 0.341 e. The normalized spacial score (nSPS) is 25.3. The molecule has 1 N–H and O–H groups in total. The van der Waals surface area contributed by atoms with E-state index in [4.69, 9.17) is 14.6 Å². The first-order valence-corrected chi connectivity index (χ1v) is 6.56. The van der Waals surface area contributed by atoms with Crippen molar-refractivity contribution >= 4 is 11.7 Å². The zero-order chi connectivity index (χ0) is 15.6. The predicted molar refractivity (Wildman–Crippen MR) is 71.5 cm³/mol. The van der Waals surface area contributed by atoms with Crippen molar-refractivity contribution in [1.82, 2.24) is 4.98 Å². The van der Waals surface area contributed by atoms with Gasteiger partial charge in [0, 0.05) is 18.9 Å². The van der Waals surface area contributed by atoms with Gasteiger partial charge in [0.1, 0.15) is 17.9 Å². The summed E-state index contributed by atoms with van der Waals surface area (Å²) in [6, 6.07) is 0.955. The number of carbonyl (C=O) groups is 1. The van der Waals surface area contributed by atoms with E-state index >= 15 is 0 Å². The van der Waals surface area contributed by atoms with Crippen LogP contribution in [0.25, 0.3) is 0 Å². The molecule has 1 aromatic rings. The first kappa shape index (κ1) is 15.2. The molecule has 2 heterocycles. The van der Waals surface area contributed by atoms with Crippen molar-refractivity contribution in [3.8, 4) is 5.88 Å². The van der Waals surface area contributed by atoms with Crippen molar-refractivity contribution in [3.05, 3.63) is 27.9 Å². The summed E-state index contributed by atoms with van der Waals surface area (Å²) in [5.41, 5.74) is -0.690. The molecule has 2 rings (SSSR count). The molecule has 114 valence electrons. The minimum Gasteiger partial charge on any atom is -0.477 e. The fourth-order valence-electron chi connectivity index (χ4n) is 2.39. The van der Waals surface area contributed by atoms with Gasteiger partial charge in [0.15, 0.2) is 0 Å². The third kappa shape index (κ3) is 3.66. The Bertz CT molecular complexity index is 552. The molecule has 1 aliphatic rings. The third-order valence-corrected chi connectivity index (χ3v) is 3.21. The molecule has 2 unspecified atom stereocenters. The number of nitrogens with zero attached hydrogens (tertiary/aromatic N) is 2. The molecule has 0 amide bonds. The van der Waals surface area contributed by atoms with Crippen LogP contribution in [0, 0.1) is 10.1 Å². The molecule has 2 atom stereocenters. The molecule has 8 heteroatoms. The molecule has 0 aromatic carbocycles. The molecule has 0 radical (unpaired) electrons. The zero-order valence-electron chi connectivity index (χ0n) is 11.7. The van der Waals surface area contributed by atoms with Gasteiger partial charge < -0.3 is 14.6 Å². The Kier molecular flexibility index (Phi) is 4.37. The van der Waals surface area contributed by atoms with Crippen LogP contribution >= 0.6 is 0 Å². The molecule has 0 spiro atoms. The molecule has 21 heavy (non-hydrogen) atoms. The summed E-state index contributed by atoms with van der Waals surface area (Å²) in [7, 11) is 0. The van der Waals surface area contributed by atoms with Crippen LogP contribution in [-0.2, 0) is 4.74 Å². The number of hydrogen-bond acceptors (Lipinski definition) is 6. The fraction of sp³-hybridized carbons (Fsp3) is 0.538. The van der Waals surface area contributed by atoms with Crippen molar-refractivity contribution in [2.24, 2.45) is 0 Å². The summed E-state index contributed by atoms with van der Waals surface area (Å²) in [4.78, 5) is 25.0. The number of carboxylic acid groups (broad SMARTS) is 1. The van der Waals surface area contributed by atoms with Crippen molar-refractivity contribution in [2.75, 3.05) is 0 Å². The molecule has 0 saturated carbocycles. The van der Waals surface area contributed by atoms with Crippen LogP contribution in [0.1, 0.15) is 37.0 Å². The Hall–Kier alpha value is -2.22. The molecule has 1 fully saturated rings. The summed E-state index contributed by atoms with van der Waals surface area (Å²) in [6.45, 7) is 3.82. The van der Waals surface area contributed by atoms with E-state index in [9.17, 15) is 14.9 Å². The van der Waals surface area contributed by atoms with Crippen LogP contribution in [0.4, 0.5) is 5.69 Å². The van der Waals surface area contributed by atoms with Crippen LogP contribution in [0.3, 0.4) is 0 Å². The number of rotatable bonds is 4. The molecular formula is C13H16N2O6. The Morgan fingerprint density at radius 1 is 1.48 bits per heavy atom. The minimum absolute atomic E-state index is 0.00470. The van der Waals surface area contributed by atoms with Crippen molar-refractivity contribution in [3.63, 3.8) is 0 Å².